The number of amides is 1. The number of anilines is 1. The Morgan fingerprint density at radius 2 is 2.35 bits per heavy atom. The summed E-state index contributed by atoms with van der Waals surface area (Å²) in [5.74, 6) is -0.412. The molecule has 0 saturated heterocycles. The van der Waals surface area contributed by atoms with E-state index < -0.39 is 5.91 Å². The van der Waals surface area contributed by atoms with Crippen molar-refractivity contribution in [2.24, 2.45) is 0 Å². The van der Waals surface area contributed by atoms with Crippen LogP contribution in [0.4, 0.5) is 5.69 Å². The molecule has 0 bridgehead atoms. The van der Waals surface area contributed by atoms with Crippen LogP contribution in [0.5, 0.6) is 0 Å². The average Bonchev–Trinajstić information content (AvgIpc) is 2.85. The minimum atomic E-state index is -0.412. The number of nitrogens with one attached hydrogen (secondary N) is 2. The zero-order chi connectivity index (χ0) is 12.3. The second kappa shape index (κ2) is 4.63. The Labute approximate surface area is 101 Å². The van der Waals surface area contributed by atoms with Gasteiger partial charge < -0.3 is 5.32 Å². The van der Waals surface area contributed by atoms with Gasteiger partial charge >= 0.3 is 0 Å². The topological polar surface area (TPSA) is 94.5 Å². The van der Waals surface area contributed by atoms with Gasteiger partial charge in [-0.25, -0.2) is 0 Å². The number of nitriles is 1. The van der Waals surface area contributed by atoms with Crippen molar-refractivity contribution in [3.8, 4) is 6.07 Å². The first kappa shape index (κ1) is 11.1. The zero-order valence-corrected chi connectivity index (χ0v) is 9.19. The van der Waals surface area contributed by atoms with E-state index in [1.165, 1.54) is 12.3 Å². The Bertz CT molecular complexity index is 587. The standard InChI is InChI=1S/C10H6ClN5O/c11-8-2-1-7(3-6(8)4-12)14-10(17)9-5-13-16-15-9/h1-3,5H,(H,14,17)(H,13,15,16). The molecule has 0 fully saturated rings. The summed E-state index contributed by atoms with van der Waals surface area (Å²) >= 11 is 5.77. The number of carbonyl (C=O) groups is 1. The number of carbonyl (C=O) groups excluding carboxylic acids is 1. The van der Waals surface area contributed by atoms with Crippen molar-refractivity contribution in [3.63, 3.8) is 0 Å². The number of benzene rings is 1. The lowest BCUT2D eigenvalue weighted by Gasteiger charge is -2.03. The lowest BCUT2D eigenvalue weighted by atomic mass is 10.2. The summed E-state index contributed by atoms with van der Waals surface area (Å²) in [7, 11) is 0. The van der Waals surface area contributed by atoms with Crippen LogP contribution in [0.1, 0.15) is 16.1 Å². The Morgan fingerprint density at radius 3 is 3.00 bits per heavy atom. The van der Waals surface area contributed by atoms with Gasteiger partial charge in [0.25, 0.3) is 5.91 Å². The summed E-state index contributed by atoms with van der Waals surface area (Å²) in [4.78, 5) is 11.6. The molecule has 1 aromatic heterocycles. The molecule has 1 aromatic carbocycles. The number of nitrogens with zero attached hydrogens (tertiary/aromatic N) is 3. The number of halogens is 1. The van der Waals surface area contributed by atoms with Crippen molar-refractivity contribution in [3.05, 3.63) is 40.7 Å². The van der Waals surface area contributed by atoms with Gasteiger partial charge in [-0.05, 0) is 18.2 Å². The molecule has 0 radical (unpaired) electrons. The van der Waals surface area contributed by atoms with Crippen molar-refractivity contribution in [2.45, 2.75) is 0 Å². The molecule has 1 heterocycles. The maximum Gasteiger partial charge on any atom is 0.277 e. The van der Waals surface area contributed by atoms with E-state index in [0.29, 0.717) is 16.3 Å². The van der Waals surface area contributed by atoms with Crippen LogP contribution in [-0.4, -0.2) is 21.3 Å². The lowest BCUT2D eigenvalue weighted by Crippen LogP contribution is -2.12. The third kappa shape index (κ3) is 2.41. The molecule has 0 aliphatic carbocycles. The fourth-order valence-corrected chi connectivity index (χ4v) is 1.35. The predicted molar refractivity (Wildman–Crippen MR) is 60.5 cm³/mol. The van der Waals surface area contributed by atoms with Gasteiger partial charge in [-0.3, -0.25) is 4.79 Å². The fraction of sp³-hybridized carbons (Fsp3) is 0. The van der Waals surface area contributed by atoms with Crippen LogP contribution in [0.15, 0.2) is 24.4 Å². The second-order valence-electron chi connectivity index (χ2n) is 3.12. The maximum absolute atomic E-state index is 11.6. The number of hydrogen-bond donors (Lipinski definition) is 2. The molecular weight excluding hydrogens is 242 g/mol. The third-order valence-corrected chi connectivity index (χ3v) is 2.32. The van der Waals surface area contributed by atoms with Gasteiger partial charge in [-0.1, -0.05) is 11.6 Å². The van der Waals surface area contributed by atoms with Crippen LogP contribution < -0.4 is 5.32 Å². The van der Waals surface area contributed by atoms with Crippen LogP contribution in [0, 0.1) is 11.3 Å². The Hall–Kier alpha value is -2.39. The van der Waals surface area contributed by atoms with E-state index in [2.05, 4.69) is 20.7 Å². The molecule has 17 heavy (non-hydrogen) atoms. The van der Waals surface area contributed by atoms with Crippen LogP contribution in [-0.2, 0) is 0 Å². The van der Waals surface area contributed by atoms with E-state index in [-0.39, 0.29) is 5.69 Å². The lowest BCUT2D eigenvalue weighted by molar-refractivity contribution is 0.102. The van der Waals surface area contributed by atoms with Crippen LogP contribution in [0.2, 0.25) is 5.02 Å². The fourth-order valence-electron chi connectivity index (χ4n) is 1.19. The molecule has 1 amide bonds. The molecule has 0 saturated carbocycles. The van der Waals surface area contributed by atoms with Gasteiger partial charge in [0, 0.05) is 5.69 Å². The van der Waals surface area contributed by atoms with Gasteiger partial charge in [0.05, 0.1) is 16.8 Å². The third-order valence-electron chi connectivity index (χ3n) is 1.99. The van der Waals surface area contributed by atoms with Gasteiger partial charge in [0.2, 0.25) is 0 Å². The van der Waals surface area contributed by atoms with E-state index in [9.17, 15) is 4.79 Å². The van der Waals surface area contributed by atoms with Crippen LogP contribution >= 0.6 is 11.6 Å². The van der Waals surface area contributed by atoms with E-state index in [0.717, 1.165) is 0 Å². The van der Waals surface area contributed by atoms with Crippen molar-refractivity contribution in [2.75, 3.05) is 5.32 Å². The summed E-state index contributed by atoms with van der Waals surface area (Å²) < 4.78 is 0. The zero-order valence-electron chi connectivity index (χ0n) is 8.44. The highest BCUT2D eigenvalue weighted by atomic mass is 35.5. The second-order valence-corrected chi connectivity index (χ2v) is 3.52. The van der Waals surface area contributed by atoms with E-state index in [1.807, 2.05) is 6.07 Å². The highest BCUT2D eigenvalue weighted by Gasteiger charge is 2.09. The molecule has 0 aliphatic heterocycles. The molecular formula is C10H6ClN5O. The average molecular weight is 248 g/mol. The molecule has 0 atom stereocenters. The Balaban J connectivity index is 2.20. The van der Waals surface area contributed by atoms with Gasteiger partial charge in [-0.15, -0.1) is 0 Å². The minimum absolute atomic E-state index is 0.165. The van der Waals surface area contributed by atoms with Crippen LogP contribution in [0.25, 0.3) is 0 Å². The normalized spacial score (nSPS) is 9.65. The van der Waals surface area contributed by atoms with Crippen molar-refractivity contribution >= 4 is 23.2 Å². The molecule has 2 aromatic rings. The minimum Gasteiger partial charge on any atom is -0.320 e. The summed E-state index contributed by atoms with van der Waals surface area (Å²) in [5, 5.41) is 21.2. The first-order chi connectivity index (χ1) is 8.20. The number of rotatable bonds is 2. The van der Waals surface area contributed by atoms with E-state index in [4.69, 9.17) is 16.9 Å². The molecule has 2 rings (SSSR count). The quantitative estimate of drug-likeness (QED) is 0.842. The number of hydrogen-bond acceptors (Lipinski definition) is 4. The van der Waals surface area contributed by atoms with Gasteiger partial charge in [0.1, 0.15) is 6.07 Å². The summed E-state index contributed by atoms with van der Waals surface area (Å²) in [6.45, 7) is 0. The number of H-pyrrole nitrogens is 1. The first-order valence-electron chi connectivity index (χ1n) is 4.57. The van der Waals surface area contributed by atoms with Crippen molar-refractivity contribution in [1.82, 2.24) is 15.4 Å². The predicted octanol–water partition coefficient (Wildman–Crippen LogP) is 1.58. The van der Waals surface area contributed by atoms with E-state index in [1.54, 1.807) is 12.1 Å². The highest BCUT2D eigenvalue weighted by Crippen LogP contribution is 2.19. The number of aromatic amines is 1. The molecule has 0 aliphatic rings. The summed E-state index contributed by atoms with van der Waals surface area (Å²) in [6.07, 6.45) is 1.30. The van der Waals surface area contributed by atoms with E-state index >= 15 is 0 Å². The summed E-state index contributed by atoms with van der Waals surface area (Å²) in [5.41, 5.74) is 0.932. The van der Waals surface area contributed by atoms with Gasteiger partial charge in [-0.2, -0.15) is 20.7 Å². The molecule has 84 valence electrons. The smallest absolute Gasteiger partial charge is 0.277 e. The largest absolute Gasteiger partial charge is 0.320 e. The Kier molecular flexibility index (Phi) is 3.03. The molecule has 6 nitrogen and oxygen atoms in total. The maximum atomic E-state index is 11.6. The Morgan fingerprint density at radius 1 is 1.53 bits per heavy atom. The molecule has 2 N–H and O–H groups in total. The van der Waals surface area contributed by atoms with Crippen LogP contribution in [0.3, 0.4) is 0 Å². The highest BCUT2D eigenvalue weighted by molar-refractivity contribution is 6.31. The molecule has 7 heteroatoms. The number of aromatic nitrogens is 3. The monoisotopic (exact) mass is 247 g/mol. The van der Waals surface area contributed by atoms with Crippen molar-refractivity contribution < 1.29 is 4.79 Å². The van der Waals surface area contributed by atoms with Crippen molar-refractivity contribution in [1.29, 1.82) is 5.26 Å². The van der Waals surface area contributed by atoms with Gasteiger partial charge in [0.15, 0.2) is 5.69 Å². The SMILES string of the molecule is N#Cc1cc(NC(=O)c2cn[nH]n2)ccc1Cl. The first-order valence-corrected chi connectivity index (χ1v) is 4.95. The summed E-state index contributed by atoms with van der Waals surface area (Å²) in [6, 6.07) is 6.55. The molecule has 0 spiro atoms. The molecule has 0 unspecified atom stereocenters.